The zero-order valence-electron chi connectivity index (χ0n) is 11.5. The molecule has 0 radical (unpaired) electrons. The molecular weight excluding hydrogens is 315 g/mol. The zero-order valence-corrected chi connectivity index (χ0v) is 11.5. The van der Waals surface area contributed by atoms with Crippen LogP contribution in [0.15, 0.2) is 4.42 Å². The van der Waals surface area contributed by atoms with Gasteiger partial charge in [-0.3, -0.25) is 9.80 Å². The monoisotopic (exact) mass is 330 g/mol. The third-order valence-corrected chi connectivity index (χ3v) is 3.22. The minimum absolute atomic E-state index is 0.0350. The number of aliphatic hydroxyl groups excluding tert-OH is 1. The third kappa shape index (κ3) is 4.58. The molecule has 0 spiro atoms. The Hall–Kier alpha value is -1.33. The van der Waals surface area contributed by atoms with Crippen LogP contribution in [-0.2, 0) is 12.7 Å². The van der Waals surface area contributed by atoms with E-state index in [1.54, 1.807) is 4.90 Å². The van der Waals surface area contributed by atoms with Crippen molar-refractivity contribution in [1.82, 2.24) is 20.0 Å². The minimum Gasteiger partial charge on any atom is -0.416 e. The van der Waals surface area contributed by atoms with E-state index in [4.69, 9.17) is 5.11 Å². The third-order valence-electron chi connectivity index (χ3n) is 3.22. The molecule has 11 heteroatoms. The molecule has 0 aliphatic carbocycles. The van der Waals surface area contributed by atoms with Crippen molar-refractivity contribution in [2.24, 2.45) is 0 Å². The fraction of sp³-hybridized carbons (Fsp3) is 0.818. The Morgan fingerprint density at radius 3 is 2.09 bits per heavy atom. The summed E-state index contributed by atoms with van der Waals surface area (Å²) in [6, 6.07) is 0. The summed E-state index contributed by atoms with van der Waals surface area (Å²) in [5, 5.41) is 14.8. The molecule has 0 unspecified atom stereocenters. The lowest BCUT2D eigenvalue weighted by molar-refractivity contribution is -0.157. The van der Waals surface area contributed by atoms with Gasteiger partial charge in [0.25, 0.3) is 5.92 Å². The fourth-order valence-corrected chi connectivity index (χ4v) is 2.11. The van der Waals surface area contributed by atoms with Crippen molar-refractivity contribution in [2.75, 3.05) is 39.3 Å². The van der Waals surface area contributed by atoms with Gasteiger partial charge in [0.15, 0.2) is 0 Å². The van der Waals surface area contributed by atoms with Crippen molar-refractivity contribution in [3.63, 3.8) is 0 Å². The van der Waals surface area contributed by atoms with E-state index >= 15 is 0 Å². The Morgan fingerprint density at radius 2 is 1.59 bits per heavy atom. The van der Waals surface area contributed by atoms with Crippen LogP contribution >= 0.6 is 0 Å². The van der Waals surface area contributed by atoms with Crippen LogP contribution in [0, 0.1) is 0 Å². The van der Waals surface area contributed by atoms with Crippen LogP contribution in [0.3, 0.4) is 0 Å². The number of rotatable bonds is 5. The summed E-state index contributed by atoms with van der Waals surface area (Å²) >= 11 is 0. The van der Waals surface area contributed by atoms with Crippen LogP contribution in [0.5, 0.6) is 0 Å². The number of hydrogen-bond donors (Lipinski definition) is 1. The second-order valence-electron chi connectivity index (χ2n) is 5.07. The first kappa shape index (κ1) is 17.0. The summed E-state index contributed by atoms with van der Waals surface area (Å²) in [5.74, 6) is -4.72. The number of aromatic nitrogens is 2. The average molecular weight is 330 g/mol. The summed E-state index contributed by atoms with van der Waals surface area (Å²) in [4.78, 5) is 3.23. The highest BCUT2D eigenvalue weighted by molar-refractivity contribution is 4.87. The molecule has 0 amide bonds. The molecule has 2 rings (SSSR count). The van der Waals surface area contributed by atoms with E-state index in [0.29, 0.717) is 26.2 Å². The first-order chi connectivity index (χ1) is 10.2. The maximum absolute atomic E-state index is 13.1. The molecule has 1 saturated heterocycles. The molecular formula is C11H15F5N4O2. The summed E-state index contributed by atoms with van der Waals surface area (Å²) < 4.78 is 67.6. The second-order valence-corrected chi connectivity index (χ2v) is 5.07. The van der Waals surface area contributed by atoms with Gasteiger partial charge >= 0.3 is 12.1 Å². The van der Waals surface area contributed by atoms with Crippen LogP contribution in [-0.4, -0.2) is 70.4 Å². The highest BCUT2D eigenvalue weighted by atomic mass is 19.4. The fourth-order valence-electron chi connectivity index (χ4n) is 2.11. The number of aliphatic hydroxyl groups is 1. The van der Waals surface area contributed by atoms with Gasteiger partial charge in [0, 0.05) is 26.2 Å². The SMILES string of the molecule is OCC(F)(F)CN1CCN(Cc2nnc(C(F)(F)F)o2)CC1. The minimum atomic E-state index is -4.68. The van der Waals surface area contributed by atoms with Crippen molar-refractivity contribution < 1.29 is 31.5 Å². The maximum atomic E-state index is 13.1. The molecule has 0 aromatic carbocycles. The van der Waals surface area contributed by atoms with Gasteiger partial charge in [-0.2, -0.15) is 13.2 Å². The number of piperazine rings is 1. The molecule has 0 saturated carbocycles. The predicted molar refractivity (Wildman–Crippen MR) is 63.0 cm³/mol. The standard InChI is InChI=1S/C11H15F5N4O2/c12-10(13,7-21)6-20-3-1-19(2-4-20)5-8-17-18-9(22-8)11(14,15)16/h21H,1-7H2. The second kappa shape index (κ2) is 6.42. The van der Waals surface area contributed by atoms with Crippen LogP contribution in [0.4, 0.5) is 22.0 Å². The van der Waals surface area contributed by atoms with Crippen molar-refractivity contribution in [3.05, 3.63) is 11.8 Å². The van der Waals surface area contributed by atoms with Crippen LogP contribution in [0.1, 0.15) is 11.8 Å². The number of hydrogen-bond acceptors (Lipinski definition) is 6. The van der Waals surface area contributed by atoms with E-state index in [1.165, 1.54) is 4.90 Å². The molecule has 1 aliphatic heterocycles. The molecule has 1 aromatic heterocycles. The topological polar surface area (TPSA) is 65.6 Å². The Bertz CT molecular complexity index is 485. The number of alkyl halides is 5. The highest BCUT2D eigenvalue weighted by Gasteiger charge is 2.38. The van der Waals surface area contributed by atoms with Gasteiger partial charge in [-0.25, -0.2) is 8.78 Å². The Kier molecular flexibility index (Phi) is 4.97. The van der Waals surface area contributed by atoms with Gasteiger partial charge < -0.3 is 9.52 Å². The Morgan fingerprint density at radius 1 is 1.00 bits per heavy atom. The number of nitrogens with zero attached hydrogens (tertiary/aromatic N) is 4. The normalized spacial score (nSPS) is 18.8. The highest BCUT2D eigenvalue weighted by Crippen LogP contribution is 2.28. The van der Waals surface area contributed by atoms with Crippen molar-refractivity contribution in [1.29, 1.82) is 0 Å². The molecule has 2 heterocycles. The Labute approximate surface area is 122 Å². The van der Waals surface area contributed by atoms with Gasteiger partial charge in [0.2, 0.25) is 5.89 Å². The van der Waals surface area contributed by atoms with Gasteiger partial charge in [-0.15, -0.1) is 10.2 Å². The van der Waals surface area contributed by atoms with Crippen LogP contribution in [0.2, 0.25) is 0 Å². The van der Waals surface area contributed by atoms with Crippen molar-refractivity contribution in [3.8, 4) is 0 Å². The maximum Gasteiger partial charge on any atom is 0.470 e. The summed E-state index contributed by atoms with van der Waals surface area (Å²) in [6.45, 7) is -0.332. The molecule has 22 heavy (non-hydrogen) atoms. The smallest absolute Gasteiger partial charge is 0.416 e. The first-order valence-electron chi connectivity index (χ1n) is 6.52. The largest absolute Gasteiger partial charge is 0.470 e. The number of halogens is 5. The summed E-state index contributed by atoms with van der Waals surface area (Å²) in [5.41, 5.74) is 0. The van der Waals surface area contributed by atoms with Crippen molar-refractivity contribution in [2.45, 2.75) is 18.6 Å². The van der Waals surface area contributed by atoms with Gasteiger partial charge in [0.1, 0.15) is 6.61 Å². The summed E-state index contributed by atoms with van der Waals surface area (Å²) in [7, 11) is 0. The quantitative estimate of drug-likeness (QED) is 0.807. The summed E-state index contributed by atoms with van der Waals surface area (Å²) in [6.07, 6.45) is -4.68. The molecule has 1 aromatic rings. The Balaban J connectivity index is 1.81. The van der Waals surface area contributed by atoms with Gasteiger partial charge in [-0.05, 0) is 0 Å². The van der Waals surface area contributed by atoms with E-state index in [2.05, 4.69) is 14.6 Å². The molecule has 126 valence electrons. The van der Waals surface area contributed by atoms with E-state index < -0.39 is 31.1 Å². The molecule has 0 atom stereocenters. The van der Waals surface area contributed by atoms with E-state index in [0.717, 1.165) is 0 Å². The molecule has 0 bridgehead atoms. The van der Waals surface area contributed by atoms with Gasteiger partial charge in [0.05, 0.1) is 13.1 Å². The molecule has 1 fully saturated rings. The van der Waals surface area contributed by atoms with E-state index in [1.807, 2.05) is 0 Å². The zero-order chi connectivity index (χ0) is 16.4. The lowest BCUT2D eigenvalue weighted by Crippen LogP contribution is -2.50. The molecule has 6 nitrogen and oxygen atoms in total. The van der Waals surface area contributed by atoms with Crippen molar-refractivity contribution >= 4 is 0 Å². The first-order valence-corrected chi connectivity index (χ1v) is 6.52. The van der Waals surface area contributed by atoms with Crippen LogP contribution < -0.4 is 0 Å². The molecule has 1 N–H and O–H groups in total. The predicted octanol–water partition coefficient (Wildman–Crippen LogP) is 0.834. The van der Waals surface area contributed by atoms with Gasteiger partial charge in [-0.1, -0.05) is 0 Å². The lowest BCUT2D eigenvalue weighted by atomic mass is 10.2. The van der Waals surface area contributed by atoms with Crippen LogP contribution in [0.25, 0.3) is 0 Å². The van der Waals surface area contributed by atoms with E-state index in [9.17, 15) is 22.0 Å². The van der Waals surface area contributed by atoms with E-state index in [-0.39, 0.29) is 12.4 Å². The average Bonchev–Trinajstić information content (AvgIpc) is 2.89. The molecule has 1 aliphatic rings. The lowest BCUT2D eigenvalue weighted by Gasteiger charge is -2.35.